The van der Waals surface area contributed by atoms with Crippen LogP contribution in [-0.2, 0) is 11.2 Å². The first-order chi connectivity index (χ1) is 12.0. The van der Waals surface area contributed by atoms with Crippen LogP contribution in [0.1, 0.15) is 15.4 Å². The largest absolute Gasteiger partial charge is 0.481 e. The average molecular weight is 435 g/mol. The van der Waals surface area contributed by atoms with Gasteiger partial charge in [0.1, 0.15) is 5.01 Å². The second-order valence-corrected chi connectivity index (χ2v) is 7.75. The van der Waals surface area contributed by atoms with Gasteiger partial charge in [-0.1, -0.05) is 57.9 Å². The molecular weight excluding hydrogens is 422 g/mol. The Balaban J connectivity index is 1.93. The Morgan fingerprint density at radius 3 is 2.44 bits per heavy atom. The topological polar surface area (TPSA) is 50.2 Å². The van der Waals surface area contributed by atoms with Crippen molar-refractivity contribution >= 4 is 57.0 Å². The van der Waals surface area contributed by atoms with Crippen LogP contribution < -0.4 is 0 Å². The molecule has 6 heteroatoms. The summed E-state index contributed by atoms with van der Waals surface area (Å²) in [6, 6.07) is 15.2. The van der Waals surface area contributed by atoms with Crippen LogP contribution in [0.2, 0.25) is 5.02 Å². The zero-order valence-corrected chi connectivity index (χ0v) is 16.1. The molecule has 3 nitrogen and oxygen atoms in total. The molecule has 0 spiro atoms. The zero-order valence-electron chi connectivity index (χ0n) is 12.9. The van der Waals surface area contributed by atoms with Crippen molar-refractivity contribution < 1.29 is 9.90 Å². The third-order valence-electron chi connectivity index (χ3n) is 3.43. The van der Waals surface area contributed by atoms with Crippen molar-refractivity contribution in [2.75, 3.05) is 0 Å². The Morgan fingerprint density at radius 2 is 1.80 bits per heavy atom. The van der Waals surface area contributed by atoms with Gasteiger partial charge in [-0.2, -0.15) is 0 Å². The maximum Gasteiger partial charge on any atom is 0.308 e. The monoisotopic (exact) mass is 433 g/mol. The van der Waals surface area contributed by atoms with Gasteiger partial charge in [0.05, 0.1) is 12.1 Å². The molecule has 3 aromatic rings. The molecule has 0 unspecified atom stereocenters. The smallest absolute Gasteiger partial charge is 0.308 e. The Bertz CT molecular complexity index is 918. The second kappa shape index (κ2) is 7.95. The molecule has 0 amide bonds. The summed E-state index contributed by atoms with van der Waals surface area (Å²) in [4.78, 5) is 16.5. The number of nitrogens with zero attached hydrogens (tertiary/aromatic N) is 1. The molecule has 0 saturated carbocycles. The molecule has 0 aliphatic heterocycles. The van der Waals surface area contributed by atoms with E-state index in [-0.39, 0.29) is 6.42 Å². The number of aromatic nitrogens is 1. The van der Waals surface area contributed by atoms with Crippen molar-refractivity contribution in [3.05, 3.63) is 73.5 Å². The first kappa shape index (κ1) is 17.9. The standard InChI is InChI=1S/C19H13BrClNO2S/c20-14-6-1-12(2-7-14)3-10-17-22-19(16(25-17)11-18(23)24)13-4-8-15(21)9-5-13/h1-10H,11H2,(H,23,24)/b10-3+. The maximum atomic E-state index is 11.2. The number of benzene rings is 2. The van der Waals surface area contributed by atoms with Gasteiger partial charge in [0.2, 0.25) is 0 Å². The SMILES string of the molecule is O=C(O)Cc1sc(/C=C/c2ccc(Br)cc2)nc1-c1ccc(Cl)cc1. The van der Waals surface area contributed by atoms with Crippen LogP contribution in [0.15, 0.2) is 53.0 Å². The van der Waals surface area contributed by atoms with Gasteiger partial charge in [0, 0.05) is 19.9 Å². The number of halogens is 2. The minimum atomic E-state index is -0.873. The molecule has 1 N–H and O–H groups in total. The van der Waals surface area contributed by atoms with Gasteiger partial charge in [0.15, 0.2) is 0 Å². The summed E-state index contributed by atoms with van der Waals surface area (Å²) in [6.45, 7) is 0. The van der Waals surface area contributed by atoms with Crippen LogP contribution in [0.3, 0.4) is 0 Å². The van der Waals surface area contributed by atoms with Gasteiger partial charge in [-0.05, 0) is 35.9 Å². The van der Waals surface area contributed by atoms with Crippen molar-refractivity contribution in [2.24, 2.45) is 0 Å². The van der Waals surface area contributed by atoms with E-state index < -0.39 is 5.97 Å². The highest BCUT2D eigenvalue weighted by atomic mass is 79.9. The predicted molar refractivity (Wildman–Crippen MR) is 107 cm³/mol. The molecule has 0 atom stereocenters. The summed E-state index contributed by atoms with van der Waals surface area (Å²) in [5.74, 6) is -0.873. The fraction of sp³-hybridized carbons (Fsp3) is 0.0526. The summed E-state index contributed by atoms with van der Waals surface area (Å²) in [6.07, 6.45) is 3.81. The highest BCUT2D eigenvalue weighted by molar-refractivity contribution is 9.10. The lowest BCUT2D eigenvalue weighted by Crippen LogP contribution is -1.99. The van der Waals surface area contributed by atoms with Gasteiger partial charge in [-0.25, -0.2) is 4.98 Å². The van der Waals surface area contributed by atoms with Crippen molar-refractivity contribution in [1.29, 1.82) is 0 Å². The Hall–Kier alpha value is -1.95. The minimum Gasteiger partial charge on any atom is -0.481 e. The van der Waals surface area contributed by atoms with E-state index in [0.717, 1.165) is 25.5 Å². The van der Waals surface area contributed by atoms with E-state index in [1.807, 2.05) is 48.6 Å². The molecule has 0 radical (unpaired) electrons. The van der Waals surface area contributed by atoms with E-state index in [2.05, 4.69) is 20.9 Å². The van der Waals surface area contributed by atoms with Gasteiger partial charge >= 0.3 is 5.97 Å². The molecule has 1 heterocycles. The van der Waals surface area contributed by atoms with Crippen molar-refractivity contribution in [3.8, 4) is 11.3 Å². The summed E-state index contributed by atoms with van der Waals surface area (Å²) >= 11 is 10.7. The van der Waals surface area contributed by atoms with Crippen LogP contribution in [0.25, 0.3) is 23.4 Å². The van der Waals surface area contributed by atoms with E-state index >= 15 is 0 Å². The van der Waals surface area contributed by atoms with Crippen LogP contribution in [0.4, 0.5) is 0 Å². The summed E-state index contributed by atoms with van der Waals surface area (Å²) < 4.78 is 1.02. The third-order valence-corrected chi connectivity index (χ3v) is 5.23. The fourth-order valence-electron chi connectivity index (χ4n) is 2.27. The lowest BCUT2D eigenvalue weighted by atomic mass is 10.1. The normalized spacial score (nSPS) is 11.1. The molecule has 0 saturated heterocycles. The van der Waals surface area contributed by atoms with Crippen LogP contribution in [-0.4, -0.2) is 16.1 Å². The molecule has 126 valence electrons. The van der Waals surface area contributed by atoms with E-state index in [1.54, 1.807) is 12.1 Å². The lowest BCUT2D eigenvalue weighted by Gasteiger charge is -2.00. The highest BCUT2D eigenvalue weighted by Gasteiger charge is 2.14. The van der Waals surface area contributed by atoms with Gasteiger partial charge in [-0.3, -0.25) is 4.79 Å². The fourth-order valence-corrected chi connectivity index (χ4v) is 3.64. The molecule has 2 aromatic carbocycles. The number of hydrogen-bond donors (Lipinski definition) is 1. The second-order valence-electron chi connectivity index (χ2n) is 5.29. The Morgan fingerprint density at radius 1 is 1.12 bits per heavy atom. The first-order valence-electron chi connectivity index (χ1n) is 7.42. The average Bonchev–Trinajstić information content (AvgIpc) is 2.97. The van der Waals surface area contributed by atoms with Crippen molar-refractivity contribution in [3.63, 3.8) is 0 Å². The van der Waals surface area contributed by atoms with Gasteiger partial charge < -0.3 is 5.11 Å². The number of rotatable bonds is 5. The van der Waals surface area contributed by atoms with Crippen LogP contribution in [0.5, 0.6) is 0 Å². The van der Waals surface area contributed by atoms with Crippen LogP contribution >= 0.6 is 38.9 Å². The molecule has 3 rings (SSSR count). The summed E-state index contributed by atoms with van der Waals surface area (Å²) in [7, 11) is 0. The first-order valence-corrected chi connectivity index (χ1v) is 9.41. The van der Waals surface area contributed by atoms with Crippen molar-refractivity contribution in [1.82, 2.24) is 4.98 Å². The van der Waals surface area contributed by atoms with Gasteiger partial charge in [-0.15, -0.1) is 11.3 Å². The van der Waals surface area contributed by atoms with E-state index in [1.165, 1.54) is 11.3 Å². The minimum absolute atomic E-state index is 0.0538. The van der Waals surface area contributed by atoms with E-state index in [9.17, 15) is 4.79 Å². The quantitative estimate of drug-likeness (QED) is 0.534. The maximum absolute atomic E-state index is 11.2. The number of carbonyl (C=O) groups is 1. The summed E-state index contributed by atoms with van der Waals surface area (Å²) in [5, 5.41) is 10.6. The molecule has 0 bridgehead atoms. The molecule has 0 aliphatic rings. The van der Waals surface area contributed by atoms with E-state index in [4.69, 9.17) is 16.7 Å². The number of hydrogen-bond acceptors (Lipinski definition) is 3. The third kappa shape index (κ3) is 4.78. The lowest BCUT2D eigenvalue weighted by molar-refractivity contribution is -0.136. The van der Waals surface area contributed by atoms with Crippen LogP contribution in [0, 0.1) is 0 Å². The molecule has 0 aliphatic carbocycles. The van der Waals surface area contributed by atoms with E-state index in [0.29, 0.717) is 10.7 Å². The Kier molecular flexibility index (Phi) is 5.68. The molecular formula is C19H13BrClNO2S. The summed E-state index contributed by atoms with van der Waals surface area (Å²) in [5.41, 5.74) is 2.60. The van der Waals surface area contributed by atoms with Gasteiger partial charge in [0.25, 0.3) is 0 Å². The molecule has 0 fully saturated rings. The molecule has 1 aromatic heterocycles. The Labute approximate surface area is 162 Å². The number of aliphatic carboxylic acids is 1. The number of thiazole rings is 1. The predicted octanol–water partition coefficient (Wildman–Crippen LogP) is 6.02. The number of carboxylic acid groups (broad SMARTS) is 1. The molecule has 25 heavy (non-hydrogen) atoms. The highest BCUT2D eigenvalue weighted by Crippen LogP contribution is 2.30. The zero-order chi connectivity index (χ0) is 17.8. The number of carboxylic acids is 1. The van der Waals surface area contributed by atoms with Crippen molar-refractivity contribution in [2.45, 2.75) is 6.42 Å².